The summed E-state index contributed by atoms with van der Waals surface area (Å²) in [5, 5.41) is 5.33. The molecule has 3 rings (SSSR count). The number of rotatable bonds is 4. The molecule has 0 fully saturated rings. The van der Waals surface area contributed by atoms with E-state index in [1.807, 2.05) is 45.9 Å². The predicted molar refractivity (Wildman–Crippen MR) is 121 cm³/mol. The third-order valence-corrected chi connectivity index (χ3v) is 5.49. The Kier molecular flexibility index (Phi) is 6.03. The molecule has 0 saturated heterocycles. The Morgan fingerprint density at radius 2 is 1.50 bits per heavy atom. The van der Waals surface area contributed by atoms with Gasteiger partial charge in [0.1, 0.15) is 0 Å². The number of carbonyl (C=O) groups excluding carboxylic acids is 3. The van der Waals surface area contributed by atoms with Crippen LogP contribution in [0.15, 0.2) is 36.4 Å². The Hall–Kier alpha value is -3.06. The van der Waals surface area contributed by atoms with Crippen LogP contribution >= 0.6 is 12.2 Å². The molecule has 0 radical (unpaired) electrons. The Balaban J connectivity index is 2.17. The van der Waals surface area contributed by atoms with Gasteiger partial charge < -0.3 is 5.32 Å². The highest BCUT2D eigenvalue weighted by molar-refractivity contribution is 7.80. The van der Waals surface area contributed by atoms with Crippen LogP contribution in [0.1, 0.15) is 81.7 Å². The zero-order valence-corrected chi connectivity index (χ0v) is 18.5. The molecule has 0 spiro atoms. The fourth-order valence-electron chi connectivity index (χ4n) is 3.68. The van der Waals surface area contributed by atoms with Crippen molar-refractivity contribution in [2.75, 3.05) is 11.9 Å². The monoisotopic (exact) mass is 423 g/mol. The molecule has 0 bridgehead atoms. The second-order valence-corrected chi connectivity index (χ2v) is 8.21. The molecule has 1 heterocycles. The first-order valence-electron chi connectivity index (χ1n) is 9.86. The van der Waals surface area contributed by atoms with Gasteiger partial charge in [-0.1, -0.05) is 52.0 Å². The number of fused-ring (bicyclic) bond motifs is 1. The van der Waals surface area contributed by atoms with E-state index in [0.29, 0.717) is 5.69 Å². The fourth-order valence-corrected chi connectivity index (χ4v) is 3.77. The minimum Gasteiger partial charge on any atom is -0.365 e. The minimum absolute atomic E-state index is 0.104. The van der Waals surface area contributed by atoms with Crippen LogP contribution in [0.25, 0.3) is 0 Å². The molecule has 0 aliphatic carbocycles. The van der Waals surface area contributed by atoms with Gasteiger partial charge in [-0.2, -0.15) is 0 Å². The average Bonchev–Trinajstić information content (AvgIpc) is 2.97. The van der Waals surface area contributed by atoms with E-state index >= 15 is 0 Å². The van der Waals surface area contributed by atoms with Crippen molar-refractivity contribution in [2.24, 2.45) is 0 Å². The molecular formula is C23H25N3O3S. The highest BCUT2D eigenvalue weighted by Crippen LogP contribution is 2.40. The van der Waals surface area contributed by atoms with Crippen LogP contribution in [0.4, 0.5) is 5.69 Å². The molecule has 1 aliphatic rings. The summed E-state index contributed by atoms with van der Waals surface area (Å²) < 4.78 is 0. The van der Waals surface area contributed by atoms with Gasteiger partial charge in [-0.25, -0.2) is 4.90 Å². The van der Waals surface area contributed by atoms with Gasteiger partial charge >= 0.3 is 0 Å². The number of hydrogen-bond donors (Lipinski definition) is 2. The number of thiocarbonyl (C=S) groups is 1. The average molecular weight is 424 g/mol. The summed E-state index contributed by atoms with van der Waals surface area (Å²) in [6.45, 7) is 8.11. The first-order chi connectivity index (χ1) is 14.2. The Morgan fingerprint density at radius 3 is 2.03 bits per heavy atom. The van der Waals surface area contributed by atoms with E-state index in [1.165, 1.54) is 11.0 Å². The van der Waals surface area contributed by atoms with Crippen LogP contribution in [0.5, 0.6) is 0 Å². The lowest BCUT2D eigenvalue weighted by Crippen LogP contribution is -2.38. The van der Waals surface area contributed by atoms with Crippen molar-refractivity contribution >= 4 is 40.7 Å². The molecular weight excluding hydrogens is 398 g/mol. The van der Waals surface area contributed by atoms with Crippen LogP contribution in [-0.2, 0) is 0 Å². The molecule has 2 N–H and O–H groups in total. The largest absolute Gasteiger partial charge is 0.365 e. The van der Waals surface area contributed by atoms with Crippen molar-refractivity contribution in [3.63, 3.8) is 0 Å². The molecule has 1 aliphatic heterocycles. The molecule has 0 saturated carbocycles. The number of amides is 3. The Labute approximate surface area is 181 Å². The molecule has 2 aromatic rings. The number of nitrogens with one attached hydrogen (secondary N) is 2. The molecule has 0 atom stereocenters. The summed E-state index contributed by atoms with van der Waals surface area (Å²) in [6, 6.07) is 10.5. The zero-order valence-electron chi connectivity index (χ0n) is 17.7. The zero-order chi connectivity index (χ0) is 22.2. The lowest BCUT2D eigenvalue weighted by molar-refractivity contribution is 0.0915. The van der Waals surface area contributed by atoms with Crippen LogP contribution in [0, 0.1) is 0 Å². The maximum Gasteiger partial charge on any atom is 0.266 e. The predicted octanol–water partition coefficient (Wildman–Crippen LogP) is 3.97. The lowest BCUT2D eigenvalue weighted by Gasteiger charge is -2.25. The van der Waals surface area contributed by atoms with Gasteiger partial charge in [-0.05, 0) is 47.3 Å². The van der Waals surface area contributed by atoms with Gasteiger partial charge in [0.25, 0.3) is 17.7 Å². The first-order valence-corrected chi connectivity index (χ1v) is 10.3. The minimum atomic E-state index is -0.532. The van der Waals surface area contributed by atoms with E-state index in [-0.39, 0.29) is 33.6 Å². The first kappa shape index (κ1) is 21.6. The number of nitrogens with zero attached hydrogens (tertiary/aromatic N) is 1. The fraction of sp³-hybridized carbons (Fsp3) is 0.304. The molecule has 7 heteroatoms. The summed E-state index contributed by atoms with van der Waals surface area (Å²) in [6.07, 6.45) is 0. The quantitative estimate of drug-likeness (QED) is 0.575. The van der Waals surface area contributed by atoms with Crippen LogP contribution in [0.2, 0.25) is 0 Å². The highest BCUT2D eigenvalue weighted by atomic mass is 32.1. The van der Waals surface area contributed by atoms with Gasteiger partial charge in [0, 0.05) is 7.05 Å². The normalized spacial score (nSPS) is 13.1. The number of anilines is 1. The summed E-state index contributed by atoms with van der Waals surface area (Å²) in [5.74, 6) is -1.23. The number of carbonyl (C=O) groups is 3. The molecule has 156 valence electrons. The summed E-state index contributed by atoms with van der Waals surface area (Å²) in [5.41, 5.74) is 2.89. The number of para-hydroxylation sites is 1. The van der Waals surface area contributed by atoms with Gasteiger partial charge in [0.2, 0.25) is 0 Å². The summed E-state index contributed by atoms with van der Waals surface area (Å²) in [4.78, 5) is 40.8. The SMILES string of the molecule is CNC(=S)NC(=O)c1cccc2c1C(=O)N(c1c(C(C)C)cccc1C(C)C)C2=O. The van der Waals surface area contributed by atoms with Gasteiger partial charge in [0.05, 0.1) is 22.4 Å². The molecule has 0 aromatic heterocycles. The molecule has 0 unspecified atom stereocenters. The van der Waals surface area contributed by atoms with E-state index < -0.39 is 17.7 Å². The highest BCUT2D eigenvalue weighted by Gasteiger charge is 2.41. The molecule has 2 aromatic carbocycles. The molecule has 30 heavy (non-hydrogen) atoms. The van der Waals surface area contributed by atoms with E-state index in [1.54, 1.807) is 19.2 Å². The number of imide groups is 1. The maximum atomic E-state index is 13.5. The number of benzene rings is 2. The lowest BCUT2D eigenvalue weighted by atomic mass is 9.92. The van der Waals surface area contributed by atoms with Crippen molar-refractivity contribution in [2.45, 2.75) is 39.5 Å². The van der Waals surface area contributed by atoms with E-state index in [0.717, 1.165) is 11.1 Å². The van der Waals surface area contributed by atoms with Crippen molar-refractivity contribution in [1.82, 2.24) is 10.6 Å². The summed E-state index contributed by atoms with van der Waals surface area (Å²) >= 11 is 5.00. The molecule has 6 nitrogen and oxygen atoms in total. The van der Waals surface area contributed by atoms with Crippen molar-refractivity contribution in [3.05, 3.63) is 64.2 Å². The van der Waals surface area contributed by atoms with E-state index in [2.05, 4.69) is 10.6 Å². The Bertz CT molecular complexity index is 1030. The van der Waals surface area contributed by atoms with Crippen LogP contribution in [-0.4, -0.2) is 29.9 Å². The third kappa shape index (κ3) is 3.61. The summed E-state index contributed by atoms with van der Waals surface area (Å²) in [7, 11) is 1.59. The topological polar surface area (TPSA) is 78.5 Å². The second kappa shape index (κ2) is 8.36. The standard InChI is InChI=1S/C23H25N3O3S/c1-12(2)14-8-6-9-15(13(3)4)19(14)26-21(28)17-11-7-10-16(18(17)22(26)29)20(27)25-23(30)24-5/h6-13H,1-5H3,(H2,24,25,27,30). The van der Waals surface area contributed by atoms with E-state index in [4.69, 9.17) is 12.2 Å². The Morgan fingerprint density at radius 1 is 0.933 bits per heavy atom. The third-order valence-electron chi connectivity index (χ3n) is 5.18. The second-order valence-electron chi connectivity index (χ2n) is 7.80. The van der Waals surface area contributed by atoms with Crippen molar-refractivity contribution in [3.8, 4) is 0 Å². The van der Waals surface area contributed by atoms with Gasteiger partial charge in [-0.3, -0.25) is 19.7 Å². The van der Waals surface area contributed by atoms with Crippen LogP contribution in [0.3, 0.4) is 0 Å². The maximum absolute atomic E-state index is 13.5. The van der Waals surface area contributed by atoms with Crippen molar-refractivity contribution in [1.29, 1.82) is 0 Å². The van der Waals surface area contributed by atoms with Gasteiger partial charge in [-0.15, -0.1) is 0 Å². The van der Waals surface area contributed by atoms with E-state index in [9.17, 15) is 14.4 Å². The van der Waals surface area contributed by atoms with Gasteiger partial charge in [0.15, 0.2) is 5.11 Å². The van der Waals surface area contributed by atoms with Crippen LogP contribution < -0.4 is 15.5 Å². The molecule has 3 amide bonds. The number of hydrogen-bond acceptors (Lipinski definition) is 4. The van der Waals surface area contributed by atoms with Crippen molar-refractivity contribution < 1.29 is 14.4 Å². The smallest absolute Gasteiger partial charge is 0.266 e.